The Balaban J connectivity index is 2.34. The Morgan fingerprint density at radius 3 is 2.15 bits per heavy atom. The van der Waals surface area contributed by atoms with E-state index in [0.717, 1.165) is 0 Å². The second-order valence-electron chi connectivity index (χ2n) is 6.58. The summed E-state index contributed by atoms with van der Waals surface area (Å²) < 4.78 is 46.6. The lowest BCUT2D eigenvalue weighted by molar-refractivity contribution is -0.274. The molecule has 3 nitrogen and oxygen atoms in total. The third-order valence-electron chi connectivity index (χ3n) is 3.31. The summed E-state index contributed by atoms with van der Waals surface area (Å²) in [6, 6.07) is 10.4. The summed E-state index contributed by atoms with van der Waals surface area (Å²) in [6.45, 7) is 8.97. The van der Waals surface area contributed by atoms with Gasteiger partial charge in [0.15, 0.2) is 0 Å². The molecule has 0 heterocycles. The third kappa shape index (κ3) is 5.37. The van der Waals surface area contributed by atoms with Gasteiger partial charge in [0.05, 0.1) is 5.56 Å². The Morgan fingerprint density at radius 1 is 1.04 bits per heavy atom. The maximum Gasteiger partial charge on any atom is 0.573 e. The van der Waals surface area contributed by atoms with E-state index in [0.29, 0.717) is 22.3 Å². The molecule has 138 valence electrons. The molecule has 0 fully saturated rings. The van der Waals surface area contributed by atoms with Crippen LogP contribution < -0.4 is 4.74 Å². The largest absolute Gasteiger partial charge is 0.573 e. The number of esters is 1. The Kier molecular flexibility index (Phi) is 5.44. The molecular weight excluding hydrogens is 345 g/mol. The van der Waals surface area contributed by atoms with E-state index < -0.39 is 17.9 Å². The SMILES string of the molecule is C=Cc1ccc(OC(F)(F)F)cc1-c1ccc(C(=O)OC(C)(C)C)cc1. The van der Waals surface area contributed by atoms with E-state index in [1.54, 1.807) is 45.0 Å². The molecule has 0 unspecified atom stereocenters. The van der Waals surface area contributed by atoms with Crippen LogP contribution in [-0.2, 0) is 4.74 Å². The van der Waals surface area contributed by atoms with Gasteiger partial charge in [-0.1, -0.05) is 30.9 Å². The zero-order valence-electron chi connectivity index (χ0n) is 14.7. The predicted molar refractivity (Wildman–Crippen MR) is 93.8 cm³/mol. The standard InChI is InChI=1S/C20H19F3O3/c1-5-13-10-11-16(25-20(21,22)23)12-17(13)14-6-8-15(9-7-14)18(24)26-19(2,3)4/h5-12H,1H2,2-4H3. The highest BCUT2D eigenvalue weighted by molar-refractivity contribution is 5.90. The number of rotatable bonds is 4. The molecule has 0 atom stereocenters. The van der Waals surface area contributed by atoms with Crippen LogP contribution in [0.1, 0.15) is 36.7 Å². The smallest absolute Gasteiger partial charge is 0.456 e. The van der Waals surface area contributed by atoms with Gasteiger partial charge in [-0.3, -0.25) is 0 Å². The molecule has 0 spiro atoms. The van der Waals surface area contributed by atoms with Crippen LogP contribution in [0.5, 0.6) is 5.75 Å². The van der Waals surface area contributed by atoms with Crippen molar-refractivity contribution in [3.8, 4) is 16.9 Å². The van der Waals surface area contributed by atoms with Gasteiger partial charge < -0.3 is 9.47 Å². The first kappa shape index (κ1) is 19.6. The molecule has 0 saturated heterocycles. The molecule has 2 rings (SSSR count). The van der Waals surface area contributed by atoms with E-state index in [1.165, 1.54) is 24.3 Å². The molecule has 6 heteroatoms. The molecule has 2 aromatic carbocycles. The number of carbonyl (C=O) groups is 1. The molecule has 2 aromatic rings. The van der Waals surface area contributed by atoms with Crippen LogP contribution >= 0.6 is 0 Å². The normalized spacial score (nSPS) is 11.8. The first-order chi connectivity index (χ1) is 12.0. The molecule has 0 aromatic heterocycles. The monoisotopic (exact) mass is 364 g/mol. The second-order valence-corrected chi connectivity index (χ2v) is 6.58. The lowest BCUT2D eigenvalue weighted by Crippen LogP contribution is -2.23. The molecular formula is C20H19F3O3. The van der Waals surface area contributed by atoms with Crippen LogP contribution in [0.25, 0.3) is 17.2 Å². The van der Waals surface area contributed by atoms with Gasteiger partial charge >= 0.3 is 12.3 Å². The zero-order valence-corrected chi connectivity index (χ0v) is 14.7. The van der Waals surface area contributed by atoms with Gasteiger partial charge in [0.25, 0.3) is 0 Å². The molecule has 0 aliphatic carbocycles. The van der Waals surface area contributed by atoms with Gasteiger partial charge in [-0.15, -0.1) is 13.2 Å². The van der Waals surface area contributed by atoms with E-state index >= 15 is 0 Å². The summed E-state index contributed by atoms with van der Waals surface area (Å²) in [5, 5.41) is 0. The molecule has 0 radical (unpaired) electrons. The average Bonchev–Trinajstić information content (AvgIpc) is 2.52. The van der Waals surface area contributed by atoms with E-state index in [2.05, 4.69) is 11.3 Å². The summed E-state index contributed by atoms with van der Waals surface area (Å²) >= 11 is 0. The maximum atomic E-state index is 12.4. The number of halogens is 3. The lowest BCUT2D eigenvalue weighted by Gasteiger charge is -2.19. The van der Waals surface area contributed by atoms with Gasteiger partial charge in [0.2, 0.25) is 0 Å². The summed E-state index contributed by atoms with van der Waals surface area (Å²) in [4.78, 5) is 12.1. The Morgan fingerprint density at radius 2 is 1.65 bits per heavy atom. The lowest BCUT2D eigenvalue weighted by atomic mass is 9.98. The predicted octanol–water partition coefficient (Wildman–Crippen LogP) is 5.85. The van der Waals surface area contributed by atoms with E-state index in [-0.39, 0.29) is 5.75 Å². The fourth-order valence-electron chi connectivity index (χ4n) is 2.28. The topological polar surface area (TPSA) is 35.5 Å². The van der Waals surface area contributed by atoms with Gasteiger partial charge in [-0.25, -0.2) is 4.79 Å². The highest BCUT2D eigenvalue weighted by atomic mass is 19.4. The van der Waals surface area contributed by atoms with Gasteiger partial charge in [-0.2, -0.15) is 0 Å². The third-order valence-corrected chi connectivity index (χ3v) is 3.31. The first-order valence-corrected chi connectivity index (χ1v) is 7.84. The van der Waals surface area contributed by atoms with E-state index in [1.807, 2.05) is 0 Å². The van der Waals surface area contributed by atoms with Crippen LogP contribution in [0.2, 0.25) is 0 Å². The Labute approximate surface area is 150 Å². The van der Waals surface area contributed by atoms with Crippen LogP contribution in [-0.4, -0.2) is 17.9 Å². The molecule has 26 heavy (non-hydrogen) atoms. The summed E-state index contributed by atoms with van der Waals surface area (Å²) in [5.74, 6) is -0.795. The van der Waals surface area contributed by atoms with Crippen molar-refractivity contribution >= 4 is 12.0 Å². The number of carbonyl (C=O) groups excluding carboxylic acids is 1. The Bertz CT molecular complexity index is 801. The molecule has 0 amide bonds. The van der Waals surface area contributed by atoms with E-state index in [4.69, 9.17) is 4.74 Å². The molecule has 0 bridgehead atoms. The van der Waals surface area contributed by atoms with Crippen molar-refractivity contribution in [1.82, 2.24) is 0 Å². The average molecular weight is 364 g/mol. The van der Waals surface area contributed by atoms with Crippen molar-refractivity contribution in [3.05, 3.63) is 60.2 Å². The van der Waals surface area contributed by atoms with Crippen molar-refractivity contribution in [2.24, 2.45) is 0 Å². The first-order valence-electron chi connectivity index (χ1n) is 7.84. The minimum absolute atomic E-state index is 0.325. The highest BCUT2D eigenvalue weighted by Gasteiger charge is 2.31. The number of hydrogen-bond acceptors (Lipinski definition) is 3. The fraction of sp³-hybridized carbons (Fsp3) is 0.250. The minimum atomic E-state index is -4.77. The molecule has 0 N–H and O–H groups in total. The maximum absolute atomic E-state index is 12.4. The van der Waals surface area contributed by atoms with Crippen LogP contribution in [0.15, 0.2) is 49.0 Å². The van der Waals surface area contributed by atoms with Crippen LogP contribution in [0.4, 0.5) is 13.2 Å². The number of benzene rings is 2. The minimum Gasteiger partial charge on any atom is -0.456 e. The highest BCUT2D eigenvalue weighted by Crippen LogP contribution is 2.32. The van der Waals surface area contributed by atoms with Crippen LogP contribution in [0, 0.1) is 0 Å². The van der Waals surface area contributed by atoms with Crippen molar-refractivity contribution < 1.29 is 27.4 Å². The number of alkyl halides is 3. The Hall–Kier alpha value is -2.76. The quantitative estimate of drug-likeness (QED) is 0.638. The molecule has 0 aliphatic rings. The van der Waals surface area contributed by atoms with Crippen molar-refractivity contribution in [1.29, 1.82) is 0 Å². The molecule has 0 saturated carbocycles. The van der Waals surface area contributed by atoms with Crippen molar-refractivity contribution in [2.75, 3.05) is 0 Å². The second kappa shape index (κ2) is 7.23. The number of ether oxygens (including phenoxy) is 2. The summed E-state index contributed by atoms with van der Waals surface area (Å²) in [5.41, 5.74) is 1.52. The van der Waals surface area contributed by atoms with Gasteiger partial charge in [-0.05, 0) is 61.7 Å². The van der Waals surface area contributed by atoms with Crippen LogP contribution in [0.3, 0.4) is 0 Å². The zero-order chi connectivity index (χ0) is 19.5. The summed E-state index contributed by atoms with van der Waals surface area (Å²) in [7, 11) is 0. The van der Waals surface area contributed by atoms with Crippen molar-refractivity contribution in [3.63, 3.8) is 0 Å². The molecule has 0 aliphatic heterocycles. The van der Waals surface area contributed by atoms with E-state index in [9.17, 15) is 18.0 Å². The summed E-state index contributed by atoms with van der Waals surface area (Å²) in [6.07, 6.45) is -3.23. The van der Waals surface area contributed by atoms with Gasteiger partial charge in [0.1, 0.15) is 11.4 Å². The fourth-order valence-corrected chi connectivity index (χ4v) is 2.28. The number of hydrogen-bond donors (Lipinski definition) is 0. The van der Waals surface area contributed by atoms with Gasteiger partial charge in [0, 0.05) is 0 Å². The van der Waals surface area contributed by atoms with Crippen molar-refractivity contribution in [2.45, 2.75) is 32.7 Å².